The molecule has 1 aliphatic heterocycles. The number of nitrogens with one attached hydrogen (secondary N) is 2. The minimum absolute atomic E-state index is 0.189. The van der Waals surface area contributed by atoms with Crippen molar-refractivity contribution in [2.45, 2.75) is 6.92 Å². The summed E-state index contributed by atoms with van der Waals surface area (Å²) in [5.41, 5.74) is 2.62. The first kappa shape index (κ1) is 20.8. The normalized spacial score (nSPS) is 14.5. The quantitative estimate of drug-likeness (QED) is 0.608. The van der Waals surface area contributed by atoms with Crippen LogP contribution in [0, 0.1) is 10.5 Å². The Labute approximate surface area is 178 Å². The van der Waals surface area contributed by atoms with Crippen LogP contribution in [0.5, 0.6) is 0 Å². The largest absolute Gasteiger partial charge is 0.379 e. The number of benzene rings is 2. The van der Waals surface area contributed by atoms with E-state index in [-0.39, 0.29) is 11.8 Å². The van der Waals surface area contributed by atoms with Gasteiger partial charge in [0.05, 0.1) is 24.5 Å². The standard InChI is InChI=1S/C21H24IN3O3/c1-15-2-4-16(5-3-15)20(26)24-19-7-6-17(22)14-18(19)21(27)23-8-9-25-10-12-28-13-11-25/h2-7,14H,8-13H2,1H3,(H,23,27)(H,24,26). The van der Waals surface area contributed by atoms with Gasteiger partial charge in [0.1, 0.15) is 0 Å². The van der Waals surface area contributed by atoms with Crippen LogP contribution < -0.4 is 10.6 Å². The van der Waals surface area contributed by atoms with Crippen molar-refractivity contribution in [1.82, 2.24) is 10.2 Å². The summed E-state index contributed by atoms with van der Waals surface area (Å²) >= 11 is 2.16. The third-order valence-corrected chi connectivity index (χ3v) is 5.28. The smallest absolute Gasteiger partial charge is 0.255 e. The van der Waals surface area contributed by atoms with E-state index in [1.165, 1.54) is 0 Å². The second-order valence-electron chi connectivity index (χ2n) is 6.72. The Kier molecular flexibility index (Phi) is 7.41. The van der Waals surface area contributed by atoms with Gasteiger partial charge in [0.2, 0.25) is 0 Å². The summed E-state index contributed by atoms with van der Waals surface area (Å²) in [7, 11) is 0. The van der Waals surface area contributed by atoms with Gasteiger partial charge in [0, 0.05) is 35.3 Å². The average molecular weight is 493 g/mol. The number of anilines is 1. The van der Waals surface area contributed by atoms with Crippen LogP contribution in [0.25, 0.3) is 0 Å². The number of hydrogen-bond acceptors (Lipinski definition) is 4. The topological polar surface area (TPSA) is 70.7 Å². The van der Waals surface area contributed by atoms with Crippen LogP contribution in [-0.4, -0.2) is 56.1 Å². The van der Waals surface area contributed by atoms with Gasteiger partial charge in [-0.3, -0.25) is 14.5 Å². The van der Waals surface area contributed by atoms with Crippen molar-refractivity contribution < 1.29 is 14.3 Å². The first-order valence-corrected chi connectivity index (χ1v) is 10.4. The molecule has 3 rings (SSSR count). The van der Waals surface area contributed by atoms with E-state index in [1.807, 2.05) is 25.1 Å². The van der Waals surface area contributed by atoms with E-state index < -0.39 is 0 Å². The molecule has 2 amide bonds. The first-order chi connectivity index (χ1) is 13.5. The van der Waals surface area contributed by atoms with Crippen molar-refractivity contribution in [3.63, 3.8) is 0 Å². The number of ether oxygens (including phenoxy) is 1. The molecule has 0 radical (unpaired) electrons. The lowest BCUT2D eigenvalue weighted by atomic mass is 10.1. The summed E-state index contributed by atoms with van der Waals surface area (Å²) in [5, 5.41) is 5.82. The van der Waals surface area contributed by atoms with E-state index in [0.717, 1.165) is 42.0 Å². The number of aryl methyl sites for hydroxylation is 1. The zero-order valence-electron chi connectivity index (χ0n) is 15.8. The minimum atomic E-state index is -0.233. The van der Waals surface area contributed by atoms with E-state index >= 15 is 0 Å². The molecule has 2 aromatic rings. The lowest BCUT2D eigenvalue weighted by Crippen LogP contribution is -2.41. The molecule has 0 atom stereocenters. The zero-order chi connectivity index (χ0) is 19.9. The molecule has 28 heavy (non-hydrogen) atoms. The molecule has 7 heteroatoms. The van der Waals surface area contributed by atoms with E-state index in [0.29, 0.717) is 23.4 Å². The number of rotatable bonds is 6. The van der Waals surface area contributed by atoms with Gasteiger partial charge in [-0.1, -0.05) is 17.7 Å². The highest BCUT2D eigenvalue weighted by molar-refractivity contribution is 14.1. The number of carbonyl (C=O) groups excluding carboxylic acids is 2. The molecule has 2 N–H and O–H groups in total. The van der Waals surface area contributed by atoms with Crippen molar-refractivity contribution >= 4 is 40.1 Å². The Morgan fingerprint density at radius 1 is 1.07 bits per heavy atom. The molecule has 1 heterocycles. The Balaban J connectivity index is 1.64. The van der Waals surface area contributed by atoms with Gasteiger partial charge in [-0.05, 0) is 59.8 Å². The molecule has 2 aromatic carbocycles. The van der Waals surface area contributed by atoms with Gasteiger partial charge < -0.3 is 15.4 Å². The number of nitrogens with zero attached hydrogens (tertiary/aromatic N) is 1. The third-order valence-electron chi connectivity index (χ3n) is 4.61. The fraction of sp³-hybridized carbons (Fsp3) is 0.333. The van der Waals surface area contributed by atoms with Crippen LogP contribution in [0.2, 0.25) is 0 Å². The zero-order valence-corrected chi connectivity index (χ0v) is 18.0. The molecule has 0 aromatic heterocycles. The fourth-order valence-electron chi connectivity index (χ4n) is 2.96. The summed E-state index contributed by atoms with van der Waals surface area (Å²) in [5.74, 6) is -0.422. The van der Waals surface area contributed by atoms with Crippen LogP contribution in [0.4, 0.5) is 5.69 Å². The molecule has 0 unspecified atom stereocenters. The summed E-state index contributed by atoms with van der Waals surface area (Å²) in [6, 6.07) is 12.8. The Morgan fingerprint density at radius 2 is 1.79 bits per heavy atom. The number of morpholine rings is 1. The monoisotopic (exact) mass is 493 g/mol. The molecule has 1 saturated heterocycles. The second kappa shape index (κ2) is 9.99. The Bertz CT molecular complexity index is 833. The van der Waals surface area contributed by atoms with Crippen molar-refractivity contribution in [3.05, 3.63) is 62.7 Å². The van der Waals surface area contributed by atoms with E-state index in [4.69, 9.17) is 4.74 Å². The molecule has 6 nitrogen and oxygen atoms in total. The molecular formula is C21H24IN3O3. The molecule has 0 spiro atoms. The van der Waals surface area contributed by atoms with E-state index in [1.54, 1.807) is 24.3 Å². The summed E-state index contributed by atoms with van der Waals surface area (Å²) in [4.78, 5) is 27.5. The van der Waals surface area contributed by atoms with Gasteiger partial charge in [-0.15, -0.1) is 0 Å². The molecule has 0 aliphatic carbocycles. The lowest BCUT2D eigenvalue weighted by Gasteiger charge is -2.26. The highest BCUT2D eigenvalue weighted by Gasteiger charge is 2.16. The van der Waals surface area contributed by atoms with Gasteiger partial charge in [0.15, 0.2) is 0 Å². The van der Waals surface area contributed by atoms with Gasteiger partial charge >= 0.3 is 0 Å². The number of halogens is 1. The molecular weight excluding hydrogens is 469 g/mol. The molecule has 1 aliphatic rings. The summed E-state index contributed by atoms with van der Waals surface area (Å²) in [6.45, 7) is 6.55. The van der Waals surface area contributed by atoms with E-state index in [9.17, 15) is 9.59 Å². The third kappa shape index (κ3) is 5.76. The SMILES string of the molecule is Cc1ccc(C(=O)Nc2ccc(I)cc2C(=O)NCCN2CCOCC2)cc1. The molecule has 1 fully saturated rings. The minimum Gasteiger partial charge on any atom is -0.379 e. The van der Waals surface area contributed by atoms with Crippen LogP contribution in [0.15, 0.2) is 42.5 Å². The maximum Gasteiger partial charge on any atom is 0.255 e. The lowest BCUT2D eigenvalue weighted by molar-refractivity contribution is 0.0383. The number of amides is 2. The summed E-state index contributed by atoms with van der Waals surface area (Å²) in [6.07, 6.45) is 0. The predicted octanol–water partition coefficient (Wildman–Crippen LogP) is 2.91. The average Bonchev–Trinajstić information content (AvgIpc) is 2.70. The molecule has 0 bridgehead atoms. The van der Waals surface area contributed by atoms with Gasteiger partial charge in [-0.25, -0.2) is 0 Å². The maximum absolute atomic E-state index is 12.7. The first-order valence-electron chi connectivity index (χ1n) is 9.29. The maximum atomic E-state index is 12.7. The van der Waals surface area contributed by atoms with Gasteiger partial charge in [0.25, 0.3) is 11.8 Å². The Hall–Kier alpha value is -1.97. The van der Waals surface area contributed by atoms with Crippen LogP contribution in [0.3, 0.4) is 0 Å². The van der Waals surface area contributed by atoms with E-state index in [2.05, 4.69) is 38.1 Å². The van der Waals surface area contributed by atoms with Crippen molar-refractivity contribution in [1.29, 1.82) is 0 Å². The van der Waals surface area contributed by atoms with Gasteiger partial charge in [-0.2, -0.15) is 0 Å². The highest BCUT2D eigenvalue weighted by atomic mass is 127. The van der Waals surface area contributed by atoms with Crippen LogP contribution in [0.1, 0.15) is 26.3 Å². The van der Waals surface area contributed by atoms with Crippen molar-refractivity contribution in [2.24, 2.45) is 0 Å². The van der Waals surface area contributed by atoms with Crippen LogP contribution >= 0.6 is 22.6 Å². The highest BCUT2D eigenvalue weighted by Crippen LogP contribution is 2.20. The molecule has 0 saturated carbocycles. The number of carbonyl (C=O) groups is 2. The van der Waals surface area contributed by atoms with Crippen molar-refractivity contribution in [3.8, 4) is 0 Å². The van der Waals surface area contributed by atoms with Crippen LogP contribution in [-0.2, 0) is 4.74 Å². The predicted molar refractivity (Wildman–Crippen MR) is 118 cm³/mol. The summed E-state index contributed by atoms with van der Waals surface area (Å²) < 4.78 is 6.27. The Morgan fingerprint density at radius 3 is 2.50 bits per heavy atom. The fourth-order valence-corrected chi connectivity index (χ4v) is 3.45. The second-order valence-corrected chi connectivity index (χ2v) is 7.97. The van der Waals surface area contributed by atoms with Crippen molar-refractivity contribution in [2.75, 3.05) is 44.7 Å². The number of hydrogen-bond donors (Lipinski definition) is 2. The molecule has 148 valence electrons.